The number of guanidine groups is 1. The minimum absolute atomic E-state index is 0. The van der Waals surface area contributed by atoms with Gasteiger partial charge in [-0.25, -0.2) is 0 Å². The fourth-order valence-electron chi connectivity index (χ4n) is 4.32. The molecular weight excluding hydrogens is 535 g/mol. The Morgan fingerprint density at radius 3 is 2.66 bits per heavy atom. The molecule has 6 nitrogen and oxygen atoms in total. The number of thioether (sulfide) groups is 1. The molecule has 8 heteroatoms. The number of rotatable bonds is 10. The first-order valence-electron chi connectivity index (χ1n) is 11.7. The summed E-state index contributed by atoms with van der Waals surface area (Å²) in [4.78, 5) is 19.4. The van der Waals surface area contributed by atoms with Crippen LogP contribution in [0.2, 0.25) is 0 Å². The average Bonchev–Trinajstić information content (AvgIpc) is 3.15. The van der Waals surface area contributed by atoms with Gasteiger partial charge in [0.2, 0.25) is 5.91 Å². The molecule has 0 aliphatic carbocycles. The maximum atomic E-state index is 12.5. The highest BCUT2D eigenvalue weighted by molar-refractivity contribution is 14.0. The number of nitrogens with zero attached hydrogens (tertiary/aromatic N) is 2. The average molecular weight is 575 g/mol. The molecule has 0 saturated carbocycles. The number of likely N-dealkylation sites (tertiary alicyclic amines) is 1. The summed E-state index contributed by atoms with van der Waals surface area (Å²) in [6.07, 6.45) is 3.65. The summed E-state index contributed by atoms with van der Waals surface area (Å²) in [6, 6.07) is 10.4. The number of carbonyl (C=O) groups is 1. The van der Waals surface area contributed by atoms with Gasteiger partial charge in [0, 0.05) is 56.5 Å². The number of hydrogen-bond acceptors (Lipinski definition) is 4. The maximum Gasteiger partial charge on any atom is 0.223 e. The van der Waals surface area contributed by atoms with Crippen molar-refractivity contribution in [1.29, 1.82) is 0 Å². The molecule has 1 amide bonds. The van der Waals surface area contributed by atoms with E-state index in [2.05, 4.69) is 48.7 Å². The Labute approximate surface area is 214 Å². The van der Waals surface area contributed by atoms with E-state index < -0.39 is 0 Å². The summed E-state index contributed by atoms with van der Waals surface area (Å²) >= 11 is 2.01. The van der Waals surface area contributed by atoms with Gasteiger partial charge in [-0.3, -0.25) is 9.79 Å². The van der Waals surface area contributed by atoms with E-state index in [0.29, 0.717) is 12.3 Å². The van der Waals surface area contributed by atoms with Crippen molar-refractivity contribution in [2.45, 2.75) is 44.3 Å². The zero-order chi connectivity index (χ0) is 21.9. The van der Waals surface area contributed by atoms with E-state index in [9.17, 15) is 4.79 Å². The summed E-state index contributed by atoms with van der Waals surface area (Å²) in [5.41, 5.74) is 1.28. The molecule has 2 heterocycles. The molecule has 0 radical (unpaired) electrons. The van der Waals surface area contributed by atoms with Crippen LogP contribution in [0.3, 0.4) is 0 Å². The third-order valence-corrected chi connectivity index (χ3v) is 7.53. The number of hydrogen-bond donors (Lipinski definition) is 2. The molecule has 2 saturated heterocycles. The van der Waals surface area contributed by atoms with Crippen LogP contribution in [0, 0.1) is 5.92 Å². The van der Waals surface area contributed by atoms with Crippen LogP contribution in [0.1, 0.15) is 38.7 Å². The van der Waals surface area contributed by atoms with Crippen molar-refractivity contribution < 1.29 is 9.53 Å². The third kappa shape index (κ3) is 8.41. The van der Waals surface area contributed by atoms with E-state index in [4.69, 9.17) is 9.73 Å². The maximum absolute atomic E-state index is 12.5. The Bertz CT molecular complexity index is 708. The lowest BCUT2D eigenvalue weighted by atomic mass is 9.99. The van der Waals surface area contributed by atoms with Gasteiger partial charge < -0.3 is 20.3 Å². The Hall–Kier alpha value is -1.000. The SMILES string of the molecule is CCNC(=NCC1(SCC)CCOCC1)NCC1CC(=O)N(CCc2ccccc2)C1.I. The minimum Gasteiger partial charge on any atom is -0.381 e. The number of ether oxygens (including phenoxy) is 1. The van der Waals surface area contributed by atoms with Gasteiger partial charge in [-0.05, 0) is 37.5 Å². The Kier molecular flexibility index (Phi) is 12.2. The minimum atomic E-state index is 0. The van der Waals surface area contributed by atoms with Crippen molar-refractivity contribution in [3.8, 4) is 0 Å². The molecule has 0 bridgehead atoms. The molecule has 2 fully saturated rings. The molecule has 1 aromatic rings. The molecule has 3 rings (SSSR count). The standard InChI is InChI=1S/C24H38N4O2S.HI/c1-3-25-23(27-19-24(31-4-2)11-14-30-15-12-24)26-17-21-16-22(29)28(18-21)13-10-20-8-6-5-7-9-20;/h5-9,21H,3-4,10-19H2,1-2H3,(H2,25,26,27);1H. The van der Waals surface area contributed by atoms with Gasteiger partial charge in [-0.2, -0.15) is 11.8 Å². The van der Waals surface area contributed by atoms with Crippen LogP contribution >= 0.6 is 35.7 Å². The smallest absolute Gasteiger partial charge is 0.223 e. The van der Waals surface area contributed by atoms with Crippen LogP contribution in [0.4, 0.5) is 0 Å². The van der Waals surface area contributed by atoms with E-state index in [1.165, 1.54) is 5.56 Å². The molecule has 32 heavy (non-hydrogen) atoms. The zero-order valence-corrected chi connectivity index (χ0v) is 22.6. The summed E-state index contributed by atoms with van der Waals surface area (Å²) < 4.78 is 5.77. The van der Waals surface area contributed by atoms with Crippen LogP contribution in [0.5, 0.6) is 0 Å². The van der Waals surface area contributed by atoms with Crippen molar-refractivity contribution in [2.75, 3.05) is 51.7 Å². The van der Waals surface area contributed by atoms with Crippen molar-refractivity contribution in [2.24, 2.45) is 10.9 Å². The van der Waals surface area contributed by atoms with Gasteiger partial charge in [0.25, 0.3) is 0 Å². The van der Waals surface area contributed by atoms with Gasteiger partial charge >= 0.3 is 0 Å². The van der Waals surface area contributed by atoms with Crippen LogP contribution in [0.25, 0.3) is 0 Å². The van der Waals surface area contributed by atoms with Crippen molar-refractivity contribution >= 4 is 47.6 Å². The highest BCUT2D eigenvalue weighted by atomic mass is 127. The molecular formula is C24H39IN4O2S. The van der Waals surface area contributed by atoms with Crippen LogP contribution in [0.15, 0.2) is 35.3 Å². The quantitative estimate of drug-likeness (QED) is 0.254. The molecule has 1 atom stereocenters. The van der Waals surface area contributed by atoms with Crippen LogP contribution < -0.4 is 10.6 Å². The van der Waals surface area contributed by atoms with Gasteiger partial charge in [-0.1, -0.05) is 37.3 Å². The third-order valence-electron chi connectivity index (χ3n) is 6.09. The summed E-state index contributed by atoms with van der Waals surface area (Å²) in [6.45, 7) is 9.99. The molecule has 2 aliphatic rings. The van der Waals surface area contributed by atoms with Gasteiger partial charge in [0.1, 0.15) is 0 Å². The monoisotopic (exact) mass is 574 g/mol. The van der Waals surface area contributed by atoms with Crippen molar-refractivity contribution in [3.05, 3.63) is 35.9 Å². The molecule has 1 aromatic carbocycles. The summed E-state index contributed by atoms with van der Waals surface area (Å²) in [7, 11) is 0. The number of aliphatic imine (C=N–C) groups is 1. The van der Waals surface area contributed by atoms with E-state index in [0.717, 1.165) is 76.9 Å². The fraction of sp³-hybridized carbons (Fsp3) is 0.667. The fourth-order valence-corrected chi connectivity index (χ4v) is 5.54. The molecule has 2 aliphatic heterocycles. The zero-order valence-electron chi connectivity index (χ0n) is 19.5. The second-order valence-corrected chi connectivity index (χ2v) is 10.2. The predicted molar refractivity (Wildman–Crippen MR) is 145 cm³/mol. The Morgan fingerprint density at radius 1 is 1.22 bits per heavy atom. The summed E-state index contributed by atoms with van der Waals surface area (Å²) in [5.74, 6) is 2.56. The molecule has 1 unspecified atom stereocenters. The molecule has 180 valence electrons. The first-order chi connectivity index (χ1) is 15.1. The van der Waals surface area contributed by atoms with E-state index in [-0.39, 0.29) is 34.6 Å². The Morgan fingerprint density at radius 2 is 1.97 bits per heavy atom. The highest BCUT2D eigenvalue weighted by Gasteiger charge is 2.33. The normalized spacial score (nSPS) is 20.7. The van der Waals surface area contributed by atoms with Crippen LogP contribution in [-0.4, -0.2) is 73.2 Å². The second kappa shape index (κ2) is 14.3. The van der Waals surface area contributed by atoms with Gasteiger partial charge in [-0.15, -0.1) is 24.0 Å². The first-order valence-corrected chi connectivity index (χ1v) is 12.7. The van der Waals surface area contributed by atoms with Gasteiger partial charge in [0.05, 0.1) is 6.54 Å². The summed E-state index contributed by atoms with van der Waals surface area (Å²) in [5, 5.41) is 6.87. The lowest BCUT2D eigenvalue weighted by molar-refractivity contribution is -0.127. The van der Waals surface area contributed by atoms with E-state index in [1.807, 2.05) is 22.7 Å². The van der Waals surface area contributed by atoms with E-state index >= 15 is 0 Å². The largest absolute Gasteiger partial charge is 0.381 e. The molecule has 0 aromatic heterocycles. The number of carbonyl (C=O) groups excluding carboxylic acids is 1. The first kappa shape index (κ1) is 27.2. The van der Waals surface area contributed by atoms with Crippen molar-refractivity contribution in [1.82, 2.24) is 15.5 Å². The van der Waals surface area contributed by atoms with Gasteiger partial charge in [0.15, 0.2) is 5.96 Å². The van der Waals surface area contributed by atoms with Crippen LogP contribution in [-0.2, 0) is 16.0 Å². The highest BCUT2D eigenvalue weighted by Crippen LogP contribution is 2.35. The molecule has 0 spiro atoms. The van der Waals surface area contributed by atoms with Crippen molar-refractivity contribution in [3.63, 3.8) is 0 Å². The second-order valence-electron chi connectivity index (χ2n) is 8.45. The lowest BCUT2D eigenvalue weighted by Gasteiger charge is -2.35. The predicted octanol–water partition coefficient (Wildman–Crippen LogP) is 3.55. The lowest BCUT2D eigenvalue weighted by Crippen LogP contribution is -2.42. The number of benzene rings is 1. The topological polar surface area (TPSA) is 66.0 Å². The number of amides is 1. The van der Waals surface area contributed by atoms with E-state index in [1.54, 1.807) is 0 Å². The molecule has 2 N–H and O–H groups in total. The Balaban J connectivity index is 0.00000363. The number of halogens is 1. The number of nitrogens with one attached hydrogen (secondary N) is 2.